The van der Waals surface area contributed by atoms with Crippen molar-refractivity contribution in [2.45, 2.75) is 45.7 Å². The molecule has 25 heavy (non-hydrogen) atoms. The number of likely N-dealkylation sites (tertiary alicyclic amines) is 1. The molecule has 3 rings (SSSR count). The summed E-state index contributed by atoms with van der Waals surface area (Å²) < 4.78 is 5.35. The molecule has 0 saturated carbocycles. The molecule has 1 aromatic heterocycles. The number of piperidine rings is 1. The van der Waals surface area contributed by atoms with Gasteiger partial charge in [0.15, 0.2) is 5.82 Å². The zero-order chi connectivity index (χ0) is 17.6. The van der Waals surface area contributed by atoms with Gasteiger partial charge >= 0.3 is 0 Å². The number of amides is 1. The summed E-state index contributed by atoms with van der Waals surface area (Å²) in [6.45, 7) is 6.43. The van der Waals surface area contributed by atoms with Crippen LogP contribution < -0.4 is 5.32 Å². The largest absolute Gasteiger partial charge is 0.352 e. The number of rotatable bonds is 6. The third-order valence-electron chi connectivity index (χ3n) is 4.92. The van der Waals surface area contributed by atoms with E-state index in [1.807, 2.05) is 37.3 Å². The minimum Gasteiger partial charge on any atom is -0.352 e. The van der Waals surface area contributed by atoms with Gasteiger partial charge < -0.3 is 9.84 Å². The second-order valence-corrected chi connectivity index (χ2v) is 6.59. The van der Waals surface area contributed by atoms with Gasteiger partial charge in [-0.1, -0.05) is 42.4 Å². The second-order valence-electron chi connectivity index (χ2n) is 6.59. The summed E-state index contributed by atoms with van der Waals surface area (Å²) in [5.41, 5.74) is 1.13. The van der Waals surface area contributed by atoms with Crippen molar-refractivity contribution in [1.82, 2.24) is 20.4 Å². The van der Waals surface area contributed by atoms with Crippen LogP contribution in [0.1, 0.15) is 50.0 Å². The Kier molecular flexibility index (Phi) is 5.81. The van der Waals surface area contributed by atoms with Gasteiger partial charge in [-0.2, -0.15) is 4.98 Å². The topological polar surface area (TPSA) is 71.3 Å². The monoisotopic (exact) mass is 342 g/mol. The van der Waals surface area contributed by atoms with E-state index in [-0.39, 0.29) is 17.9 Å². The standard InChI is InChI=1S/C19H26N4O2/c1-3-17-21-19(25-22-17)14(2)23-11-9-16(10-12-23)18(24)20-13-15-7-5-4-6-8-15/h4-8,14,16H,3,9-13H2,1-2H3,(H,20,24)/t14-/m0/s1. The molecule has 0 radical (unpaired) electrons. The zero-order valence-corrected chi connectivity index (χ0v) is 14.9. The van der Waals surface area contributed by atoms with Crippen molar-refractivity contribution in [2.24, 2.45) is 5.92 Å². The van der Waals surface area contributed by atoms with Gasteiger partial charge in [0.2, 0.25) is 11.8 Å². The molecule has 1 amide bonds. The van der Waals surface area contributed by atoms with E-state index in [9.17, 15) is 4.79 Å². The lowest BCUT2D eigenvalue weighted by atomic mass is 9.95. The lowest BCUT2D eigenvalue weighted by Crippen LogP contribution is -2.41. The van der Waals surface area contributed by atoms with Crippen LogP contribution >= 0.6 is 0 Å². The Morgan fingerprint density at radius 2 is 2.04 bits per heavy atom. The van der Waals surface area contributed by atoms with E-state index >= 15 is 0 Å². The molecule has 6 nitrogen and oxygen atoms in total. The molecule has 1 atom stereocenters. The van der Waals surface area contributed by atoms with Crippen molar-refractivity contribution in [3.05, 3.63) is 47.6 Å². The second kappa shape index (κ2) is 8.25. The van der Waals surface area contributed by atoms with Crippen molar-refractivity contribution in [3.63, 3.8) is 0 Å². The van der Waals surface area contributed by atoms with Gasteiger partial charge in [-0.3, -0.25) is 9.69 Å². The lowest BCUT2D eigenvalue weighted by Gasteiger charge is -2.33. The third-order valence-corrected chi connectivity index (χ3v) is 4.92. The molecule has 1 saturated heterocycles. The predicted molar refractivity (Wildman–Crippen MR) is 94.7 cm³/mol. The van der Waals surface area contributed by atoms with E-state index in [1.165, 1.54) is 0 Å². The zero-order valence-electron chi connectivity index (χ0n) is 14.9. The molecule has 1 fully saturated rings. The first-order valence-corrected chi connectivity index (χ1v) is 9.05. The smallest absolute Gasteiger partial charge is 0.243 e. The van der Waals surface area contributed by atoms with Gasteiger partial charge in [0, 0.05) is 18.9 Å². The number of aryl methyl sites for hydroxylation is 1. The molecule has 1 aliphatic rings. The molecular formula is C19H26N4O2. The molecular weight excluding hydrogens is 316 g/mol. The normalized spacial score (nSPS) is 17.4. The molecule has 1 N–H and O–H groups in total. The molecule has 1 aromatic carbocycles. The van der Waals surface area contributed by atoms with Crippen molar-refractivity contribution >= 4 is 5.91 Å². The van der Waals surface area contributed by atoms with E-state index in [1.54, 1.807) is 0 Å². The van der Waals surface area contributed by atoms with Crippen molar-refractivity contribution < 1.29 is 9.32 Å². The molecule has 0 spiro atoms. The summed E-state index contributed by atoms with van der Waals surface area (Å²) in [5.74, 6) is 1.66. The van der Waals surface area contributed by atoms with Crippen molar-refractivity contribution in [2.75, 3.05) is 13.1 Å². The highest BCUT2D eigenvalue weighted by atomic mass is 16.5. The van der Waals surface area contributed by atoms with E-state index in [0.29, 0.717) is 12.4 Å². The van der Waals surface area contributed by atoms with Crippen LogP contribution in [-0.2, 0) is 17.8 Å². The molecule has 1 aliphatic heterocycles. The molecule has 0 aliphatic carbocycles. The number of nitrogens with zero attached hydrogens (tertiary/aromatic N) is 3. The Hall–Kier alpha value is -2.21. The average molecular weight is 342 g/mol. The molecule has 134 valence electrons. The van der Waals surface area contributed by atoms with Crippen molar-refractivity contribution in [1.29, 1.82) is 0 Å². The Labute approximate surface area is 148 Å². The molecule has 0 unspecified atom stereocenters. The van der Waals surface area contributed by atoms with Crippen LogP contribution in [0.5, 0.6) is 0 Å². The van der Waals surface area contributed by atoms with E-state index in [0.717, 1.165) is 43.7 Å². The third kappa shape index (κ3) is 4.45. The van der Waals surface area contributed by atoms with E-state index in [4.69, 9.17) is 4.52 Å². The number of hydrogen-bond acceptors (Lipinski definition) is 5. The van der Waals surface area contributed by atoms with E-state index < -0.39 is 0 Å². The first-order chi connectivity index (χ1) is 12.2. The Balaban J connectivity index is 1.47. The number of carbonyl (C=O) groups is 1. The van der Waals surface area contributed by atoms with Crippen LogP contribution in [0.25, 0.3) is 0 Å². The fourth-order valence-corrected chi connectivity index (χ4v) is 3.22. The van der Waals surface area contributed by atoms with Crippen molar-refractivity contribution in [3.8, 4) is 0 Å². The molecule has 2 heterocycles. The number of benzene rings is 1. The summed E-state index contributed by atoms with van der Waals surface area (Å²) in [7, 11) is 0. The Morgan fingerprint density at radius 1 is 1.32 bits per heavy atom. The number of carbonyl (C=O) groups excluding carboxylic acids is 1. The summed E-state index contributed by atoms with van der Waals surface area (Å²) >= 11 is 0. The van der Waals surface area contributed by atoms with Gasteiger partial charge in [0.1, 0.15) is 0 Å². The van der Waals surface area contributed by atoms with E-state index in [2.05, 4.69) is 27.3 Å². The maximum atomic E-state index is 12.4. The fraction of sp³-hybridized carbons (Fsp3) is 0.526. The minimum atomic E-state index is 0.0843. The van der Waals surface area contributed by atoms with Gasteiger partial charge in [0.05, 0.1) is 6.04 Å². The highest BCUT2D eigenvalue weighted by Crippen LogP contribution is 2.26. The van der Waals surface area contributed by atoms with Crippen LogP contribution in [0.3, 0.4) is 0 Å². The number of aromatic nitrogens is 2. The van der Waals surface area contributed by atoms with Gasteiger partial charge in [-0.15, -0.1) is 0 Å². The van der Waals surface area contributed by atoms with Gasteiger partial charge in [-0.05, 0) is 38.4 Å². The van der Waals surface area contributed by atoms with Gasteiger partial charge in [-0.25, -0.2) is 0 Å². The van der Waals surface area contributed by atoms with Crippen LogP contribution in [0.4, 0.5) is 0 Å². The Bertz CT molecular complexity index is 678. The minimum absolute atomic E-state index is 0.0843. The Morgan fingerprint density at radius 3 is 2.68 bits per heavy atom. The van der Waals surface area contributed by atoms with Crippen LogP contribution in [0.15, 0.2) is 34.9 Å². The molecule has 2 aromatic rings. The van der Waals surface area contributed by atoms with Crippen LogP contribution in [0.2, 0.25) is 0 Å². The summed E-state index contributed by atoms with van der Waals surface area (Å²) in [6.07, 6.45) is 2.50. The summed E-state index contributed by atoms with van der Waals surface area (Å²) in [5, 5.41) is 7.03. The van der Waals surface area contributed by atoms with Crippen LogP contribution in [0, 0.1) is 5.92 Å². The number of hydrogen-bond donors (Lipinski definition) is 1. The maximum absolute atomic E-state index is 12.4. The molecule has 0 bridgehead atoms. The average Bonchev–Trinajstić information content (AvgIpc) is 3.16. The SMILES string of the molecule is CCc1noc([C@H](C)N2CCC(C(=O)NCc3ccccc3)CC2)n1. The predicted octanol–water partition coefficient (Wildman–Crippen LogP) is 2.72. The molecule has 6 heteroatoms. The quantitative estimate of drug-likeness (QED) is 0.874. The highest BCUT2D eigenvalue weighted by molar-refractivity contribution is 5.78. The van der Waals surface area contributed by atoms with Crippen LogP contribution in [-0.4, -0.2) is 34.0 Å². The summed E-state index contributed by atoms with van der Waals surface area (Å²) in [4.78, 5) is 19.1. The fourth-order valence-electron chi connectivity index (χ4n) is 3.22. The first-order valence-electron chi connectivity index (χ1n) is 9.05. The maximum Gasteiger partial charge on any atom is 0.243 e. The van der Waals surface area contributed by atoms with Gasteiger partial charge in [0.25, 0.3) is 0 Å². The summed E-state index contributed by atoms with van der Waals surface area (Å²) in [6, 6.07) is 10.1. The number of nitrogens with one attached hydrogen (secondary N) is 1. The first kappa shape index (κ1) is 17.6. The lowest BCUT2D eigenvalue weighted by molar-refractivity contribution is -0.126. The highest BCUT2D eigenvalue weighted by Gasteiger charge is 2.29.